The largest absolute Gasteiger partial charge is 0.353 e. The zero-order valence-corrected chi connectivity index (χ0v) is 12.5. The van der Waals surface area contributed by atoms with Crippen LogP contribution in [0.1, 0.15) is 25.3 Å². The van der Waals surface area contributed by atoms with E-state index >= 15 is 0 Å². The SMILES string of the molecule is CC(N)C1(c2ccc(N3CC(=O)N(C)C(=O)C3)cc2)CC1. The van der Waals surface area contributed by atoms with Crippen LogP contribution in [0.4, 0.5) is 5.69 Å². The number of amides is 2. The van der Waals surface area contributed by atoms with E-state index in [1.54, 1.807) is 0 Å². The van der Waals surface area contributed by atoms with Crippen LogP contribution in [-0.4, -0.2) is 42.9 Å². The zero-order valence-electron chi connectivity index (χ0n) is 12.5. The number of nitrogens with two attached hydrogens (primary N) is 1. The van der Waals surface area contributed by atoms with Gasteiger partial charge in [0.25, 0.3) is 0 Å². The molecule has 1 atom stereocenters. The number of piperazine rings is 1. The van der Waals surface area contributed by atoms with Crippen molar-refractivity contribution in [2.45, 2.75) is 31.2 Å². The summed E-state index contributed by atoms with van der Waals surface area (Å²) in [6.07, 6.45) is 2.27. The molecule has 2 N–H and O–H groups in total. The van der Waals surface area contributed by atoms with Crippen molar-refractivity contribution in [2.24, 2.45) is 5.73 Å². The van der Waals surface area contributed by atoms with Crippen molar-refractivity contribution in [1.29, 1.82) is 0 Å². The Morgan fingerprint density at radius 3 is 2.05 bits per heavy atom. The molecule has 1 aromatic rings. The van der Waals surface area contributed by atoms with Crippen LogP contribution in [0.25, 0.3) is 0 Å². The molecule has 2 aliphatic rings. The molecule has 0 aromatic heterocycles. The van der Waals surface area contributed by atoms with Gasteiger partial charge in [-0.05, 0) is 37.5 Å². The molecule has 1 aromatic carbocycles. The van der Waals surface area contributed by atoms with E-state index in [0.29, 0.717) is 0 Å². The predicted octanol–water partition coefficient (Wildman–Crippen LogP) is 0.870. The van der Waals surface area contributed by atoms with Crippen LogP contribution in [0.3, 0.4) is 0 Å². The summed E-state index contributed by atoms with van der Waals surface area (Å²) in [7, 11) is 1.53. The highest BCUT2D eigenvalue weighted by atomic mass is 16.2. The van der Waals surface area contributed by atoms with Crippen molar-refractivity contribution < 1.29 is 9.59 Å². The lowest BCUT2D eigenvalue weighted by Gasteiger charge is -2.32. The number of benzene rings is 1. The first-order chi connectivity index (χ1) is 9.94. The molecule has 1 aliphatic heterocycles. The van der Waals surface area contributed by atoms with Crippen LogP contribution in [0.5, 0.6) is 0 Å². The number of carbonyl (C=O) groups is 2. The number of carbonyl (C=O) groups excluding carboxylic acids is 2. The second kappa shape index (κ2) is 4.84. The van der Waals surface area contributed by atoms with E-state index in [1.165, 1.54) is 17.5 Å². The Bertz CT molecular complexity index is 558. The van der Waals surface area contributed by atoms with Gasteiger partial charge in [0.15, 0.2) is 0 Å². The summed E-state index contributed by atoms with van der Waals surface area (Å²) in [5, 5.41) is 0. The molecule has 1 aliphatic carbocycles. The maximum Gasteiger partial charge on any atom is 0.248 e. The Labute approximate surface area is 124 Å². The molecule has 3 rings (SSSR count). The number of rotatable bonds is 3. The zero-order chi connectivity index (χ0) is 15.2. The van der Waals surface area contributed by atoms with Crippen LogP contribution in [0.15, 0.2) is 24.3 Å². The number of nitrogens with zero attached hydrogens (tertiary/aromatic N) is 2. The first-order valence-corrected chi connectivity index (χ1v) is 7.34. The van der Waals surface area contributed by atoms with Crippen LogP contribution in [0, 0.1) is 0 Å². The van der Waals surface area contributed by atoms with E-state index < -0.39 is 0 Å². The highest BCUT2D eigenvalue weighted by Gasteiger charge is 2.47. The van der Waals surface area contributed by atoms with Crippen molar-refractivity contribution in [3.05, 3.63) is 29.8 Å². The van der Waals surface area contributed by atoms with Crippen molar-refractivity contribution in [3.63, 3.8) is 0 Å². The lowest BCUT2D eigenvalue weighted by molar-refractivity contribution is -0.143. The summed E-state index contributed by atoms with van der Waals surface area (Å²) >= 11 is 0. The van der Waals surface area contributed by atoms with Crippen LogP contribution >= 0.6 is 0 Å². The molecule has 0 bridgehead atoms. The molecular formula is C16H21N3O2. The van der Waals surface area contributed by atoms with Crippen molar-refractivity contribution in [2.75, 3.05) is 25.0 Å². The normalized spacial score (nSPS) is 22.4. The van der Waals surface area contributed by atoms with Crippen molar-refractivity contribution in [3.8, 4) is 0 Å². The second-order valence-electron chi connectivity index (χ2n) is 6.19. The van der Waals surface area contributed by atoms with E-state index in [9.17, 15) is 9.59 Å². The molecule has 0 radical (unpaired) electrons. The van der Waals surface area contributed by atoms with Crippen LogP contribution in [-0.2, 0) is 15.0 Å². The summed E-state index contributed by atoms with van der Waals surface area (Å²) in [5.74, 6) is -0.325. The second-order valence-corrected chi connectivity index (χ2v) is 6.19. The summed E-state index contributed by atoms with van der Waals surface area (Å²) < 4.78 is 0. The van der Waals surface area contributed by atoms with Gasteiger partial charge in [0, 0.05) is 24.2 Å². The maximum atomic E-state index is 11.8. The Balaban J connectivity index is 1.79. The van der Waals surface area contributed by atoms with Gasteiger partial charge in [0.2, 0.25) is 11.8 Å². The third-order valence-corrected chi connectivity index (χ3v) is 4.87. The van der Waals surface area contributed by atoms with E-state index in [4.69, 9.17) is 5.73 Å². The van der Waals surface area contributed by atoms with E-state index in [1.807, 2.05) is 17.0 Å². The quantitative estimate of drug-likeness (QED) is 0.838. The number of likely N-dealkylation sites (N-methyl/N-ethyl adjacent to an activating group) is 1. The first-order valence-electron chi connectivity index (χ1n) is 7.34. The molecule has 112 valence electrons. The summed E-state index contributed by atoms with van der Waals surface area (Å²) in [4.78, 5) is 26.5. The molecular weight excluding hydrogens is 266 g/mol. The molecule has 2 fully saturated rings. The fraction of sp³-hybridized carbons (Fsp3) is 0.500. The summed E-state index contributed by atoms with van der Waals surface area (Å²) in [6, 6.07) is 8.29. The molecule has 21 heavy (non-hydrogen) atoms. The minimum atomic E-state index is -0.162. The lowest BCUT2D eigenvalue weighted by Crippen LogP contribution is -2.52. The van der Waals surface area contributed by atoms with Gasteiger partial charge in [-0.3, -0.25) is 14.5 Å². The third kappa shape index (κ3) is 2.31. The van der Waals surface area contributed by atoms with Gasteiger partial charge >= 0.3 is 0 Å². The average Bonchev–Trinajstić information content (AvgIpc) is 3.26. The molecule has 1 unspecified atom stereocenters. The monoisotopic (exact) mass is 287 g/mol. The number of hydrogen-bond donors (Lipinski definition) is 1. The molecule has 5 nitrogen and oxygen atoms in total. The Morgan fingerprint density at radius 2 is 1.62 bits per heavy atom. The standard InChI is InChI=1S/C16H21N3O2/c1-11(17)16(7-8-16)12-3-5-13(6-4-12)19-9-14(20)18(2)15(21)10-19/h3-6,11H,7-10,17H2,1-2H3. The van der Waals surface area contributed by atoms with Crippen LogP contribution < -0.4 is 10.6 Å². The van der Waals surface area contributed by atoms with Crippen molar-refractivity contribution >= 4 is 17.5 Å². The maximum absolute atomic E-state index is 11.8. The fourth-order valence-electron chi connectivity index (χ4n) is 3.06. The van der Waals surface area contributed by atoms with Gasteiger partial charge in [-0.2, -0.15) is 0 Å². The van der Waals surface area contributed by atoms with Gasteiger partial charge in [0.05, 0.1) is 13.1 Å². The van der Waals surface area contributed by atoms with E-state index in [-0.39, 0.29) is 36.4 Å². The summed E-state index contributed by atoms with van der Waals surface area (Å²) in [6.45, 7) is 2.55. The van der Waals surface area contributed by atoms with Gasteiger partial charge in [-0.25, -0.2) is 0 Å². The molecule has 2 amide bonds. The minimum absolute atomic E-state index is 0.131. The Kier molecular flexibility index (Phi) is 3.24. The van der Waals surface area contributed by atoms with Gasteiger partial charge in [-0.15, -0.1) is 0 Å². The Hall–Kier alpha value is -1.88. The molecule has 1 heterocycles. The van der Waals surface area contributed by atoms with Gasteiger partial charge in [-0.1, -0.05) is 12.1 Å². The lowest BCUT2D eigenvalue weighted by atomic mass is 9.89. The molecule has 1 saturated heterocycles. The minimum Gasteiger partial charge on any atom is -0.353 e. The van der Waals surface area contributed by atoms with Crippen LogP contribution in [0.2, 0.25) is 0 Å². The molecule has 5 heteroatoms. The fourth-order valence-corrected chi connectivity index (χ4v) is 3.06. The van der Waals surface area contributed by atoms with Gasteiger partial charge < -0.3 is 10.6 Å². The summed E-state index contributed by atoms with van der Waals surface area (Å²) in [5.41, 5.74) is 8.39. The van der Waals surface area contributed by atoms with Crippen molar-refractivity contribution in [1.82, 2.24) is 4.90 Å². The highest BCUT2D eigenvalue weighted by Crippen LogP contribution is 2.50. The number of anilines is 1. The molecule has 0 spiro atoms. The smallest absolute Gasteiger partial charge is 0.248 e. The first kappa shape index (κ1) is 14.1. The topological polar surface area (TPSA) is 66.6 Å². The Morgan fingerprint density at radius 1 is 1.10 bits per heavy atom. The van der Waals surface area contributed by atoms with E-state index in [0.717, 1.165) is 18.5 Å². The third-order valence-electron chi connectivity index (χ3n) is 4.87. The number of imide groups is 1. The average molecular weight is 287 g/mol. The predicted molar refractivity (Wildman–Crippen MR) is 81.0 cm³/mol. The number of hydrogen-bond acceptors (Lipinski definition) is 4. The highest BCUT2D eigenvalue weighted by molar-refractivity contribution is 6.02. The van der Waals surface area contributed by atoms with Gasteiger partial charge in [0.1, 0.15) is 0 Å². The van der Waals surface area contributed by atoms with E-state index in [2.05, 4.69) is 19.1 Å². The molecule has 1 saturated carbocycles.